The van der Waals surface area contributed by atoms with Gasteiger partial charge in [-0.1, -0.05) is 12.1 Å². The molecule has 0 spiro atoms. The number of para-hydroxylation sites is 1. The number of guanidine groups is 1. The number of benzene rings is 2. The zero-order valence-corrected chi connectivity index (χ0v) is 21.1. The zero-order valence-electron chi connectivity index (χ0n) is 18.8. The van der Waals surface area contributed by atoms with Crippen molar-refractivity contribution in [1.29, 1.82) is 0 Å². The Morgan fingerprint density at radius 3 is 2.64 bits per heavy atom. The van der Waals surface area contributed by atoms with E-state index in [0.717, 1.165) is 12.0 Å². The van der Waals surface area contributed by atoms with Crippen molar-refractivity contribution in [3.63, 3.8) is 0 Å². The first-order valence-corrected chi connectivity index (χ1v) is 10.7. The molecule has 33 heavy (non-hydrogen) atoms. The zero-order chi connectivity index (χ0) is 22.9. The number of aliphatic hydroxyl groups is 1. The number of nitrogens with zero attached hydrogens (tertiary/aromatic N) is 2. The minimum atomic E-state index is -0.549. The second-order valence-electron chi connectivity index (χ2n) is 7.40. The number of aliphatic hydroxyl groups excluding tert-OH is 1. The van der Waals surface area contributed by atoms with Crippen molar-refractivity contribution in [2.45, 2.75) is 25.9 Å². The second-order valence-corrected chi connectivity index (χ2v) is 7.40. The summed E-state index contributed by atoms with van der Waals surface area (Å²) in [4.78, 5) is 6.36. The highest BCUT2D eigenvalue weighted by molar-refractivity contribution is 14.0. The fraction of sp³-hybridized carbons (Fsp3) is 0.435. The van der Waals surface area contributed by atoms with Crippen LogP contribution in [0.2, 0.25) is 0 Å². The van der Waals surface area contributed by atoms with Crippen LogP contribution in [0.4, 0.5) is 14.5 Å². The molecule has 0 radical (unpaired) electrons. The molecule has 0 saturated carbocycles. The Bertz CT molecular complexity index is 912. The molecule has 2 aromatic rings. The van der Waals surface area contributed by atoms with Crippen molar-refractivity contribution in [3.05, 3.63) is 53.6 Å². The van der Waals surface area contributed by atoms with Crippen molar-refractivity contribution in [2.75, 3.05) is 44.9 Å². The Balaban J connectivity index is 0.00000385. The van der Waals surface area contributed by atoms with Gasteiger partial charge in [0.2, 0.25) is 0 Å². The minimum absolute atomic E-state index is 0. The molecule has 1 aliphatic heterocycles. The average molecular weight is 576 g/mol. The van der Waals surface area contributed by atoms with E-state index in [0.29, 0.717) is 43.6 Å². The number of aliphatic imine (C=N–C) groups is 1. The predicted molar refractivity (Wildman–Crippen MR) is 136 cm³/mol. The van der Waals surface area contributed by atoms with Crippen LogP contribution in [0.15, 0.2) is 41.4 Å². The van der Waals surface area contributed by atoms with Gasteiger partial charge >= 0.3 is 0 Å². The molecule has 7 nitrogen and oxygen atoms in total. The lowest BCUT2D eigenvalue weighted by Crippen LogP contribution is -2.44. The lowest BCUT2D eigenvalue weighted by molar-refractivity contribution is 0.196. The molecule has 2 aromatic carbocycles. The smallest absolute Gasteiger partial charge is 0.191 e. The standard InChI is InChI=1S/C23H30F2N4O3.HI/c1-3-26-23(27-14-16-7-8-20(32-12-11-30)21(13-16)31-2)28-17-9-10-29(15-17)22-18(24)5-4-6-19(22)25;/h4-8,13,17,30H,3,9-12,14-15H2,1-2H3,(H2,26,27,28);1H. The molecular formula is C23H31F2IN4O3. The largest absolute Gasteiger partial charge is 0.493 e. The monoisotopic (exact) mass is 576 g/mol. The van der Waals surface area contributed by atoms with Crippen molar-refractivity contribution in [3.8, 4) is 11.5 Å². The van der Waals surface area contributed by atoms with Gasteiger partial charge in [0.25, 0.3) is 0 Å². The van der Waals surface area contributed by atoms with E-state index in [1.807, 2.05) is 19.1 Å². The molecule has 1 aliphatic rings. The summed E-state index contributed by atoms with van der Waals surface area (Å²) < 4.78 is 39.0. The molecule has 0 aromatic heterocycles. The number of hydrogen-bond donors (Lipinski definition) is 3. The third-order valence-corrected chi connectivity index (χ3v) is 5.12. The Morgan fingerprint density at radius 1 is 1.21 bits per heavy atom. The molecule has 1 atom stereocenters. The van der Waals surface area contributed by atoms with Gasteiger partial charge in [-0.15, -0.1) is 24.0 Å². The van der Waals surface area contributed by atoms with Gasteiger partial charge in [0.05, 0.1) is 20.3 Å². The maximum absolute atomic E-state index is 14.1. The number of nitrogens with one attached hydrogen (secondary N) is 2. The average Bonchev–Trinajstić information content (AvgIpc) is 3.24. The third-order valence-electron chi connectivity index (χ3n) is 5.12. The molecule has 182 valence electrons. The van der Waals surface area contributed by atoms with Crippen molar-refractivity contribution >= 4 is 35.6 Å². The number of ether oxygens (including phenoxy) is 2. The minimum Gasteiger partial charge on any atom is -0.493 e. The Labute approximate surface area is 210 Å². The molecule has 0 aliphatic carbocycles. The highest BCUT2D eigenvalue weighted by Gasteiger charge is 2.27. The van der Waals surface area contributed by atoms with Crippen LogP contribution in [0, 0.1) is 11.6 Å². The molecule has 3 N–H and O–H groups in total. The number of anilines is 1. The van der Waals surface area contributed by atoms with Gasteiger partial charge < -0.3 is 30.1 Å². The Morgan fingerprint density at radius 2 is 1.97 bits per heavy atom. The first-order valence-electron chi connectivity index (χ1n) is 10.7. The summed E-state index contributed by atoms with van der Waals surface area (Å²) in [5.74, 6) is 0.666. The summed E-state index contributed by atoms with van der Waals surface area (Å²) in [5.41, 5.74) is 0.950. The highest BCUT2D eigenvalue weighted by atomic mass is 127. The fourth-order valence-corrected chi connectivity index (χ4v) is 3.64. The Kier molecular flexibility index (Phi) is 10.9. The lowest BCUT2D eigenvalue weighted by atomic mass is 10.2. The van der Waals surface area contributed by atoms with Crippen LogP contribution < -0.4 is 25.0 Å². The van der Waals surface area contributed by atoms with Gasteiger partial charge in [-0.25, -0.2) is 13.8 Å². The SMILES string of the molecule is CCNC(=NCc1ccc(OCCO)c(OC)c1)NC1CCN(c2c(F)cccc2F)C1.I. The molecular weight excluding hydrogens is 545 g/mol. The van der Waals surface area contributed by atoms with Gasteiger partial charge in [0, 0.05) is 25.7 Å². The molecule has 1 fully saturated rings. The molecule has 1 saturated heterocycles. The second kappa shape index (κ2) is 13.4. The first-order chi connectivity index (χ1) is 15.5. The van der Waals surface area contributed by atoms with Crippen molar-refractivity contribution < 1.29 is 23.4 Å². The van der Waals surface area contributed by atoms with E-state index in [2.05, 4.69) is 15.6 Å². The fourth-order valence-electron chi connectivity index (χ4n) is 3.64. The Hall–Kier alpha value is -2.34. The maximum Gasteiger partial charge on any atom is 0.191 e. The molecule has 0 amide bonds. The van der Waals surface area contributed by atoms with Crippen LogP contribution >= 0.6 is 24.0 Å². The van der Waals surface area contributed by atoms with Gasteiger partial charge in [-0.05, 0) is 43.2 Å². The molecule has 0 bridgehead atoms. The number of methoxy groups -OCH3 is 1. The summed E-state index contributed by atoms with van der Waals surface area (Å²) >= 11 is 0. The summed E-state index contributed by atoms with van der Waals surface area (Å²) in [5, 5.41) is 15.5. The first kappa shape index (κ1) is 26.9. The molecule has 3 rings (SSSR count). The normalized spacial score (nSPS) is 15.7. The van der Waals surface area contributed by atoms with Crippen LogP contribution in [-0.4, -0.2) is 57.1 Å². The van der Waals surface area contributed by atoms with Crippen LogP contribution in [0.25, 0.3) is 0 Å². The van der Waals surface area contributed by atoms with Gasteiger partial charge in [-0.3, -0.25) is 0 Å². The van der Waals surface area contributed by atoms with Crippen LogP contribution in [0.1, 0.15) is 18.9 Å². The lowest BCUT2D eigenvalue weighted by Gasteiger charge is -2.21. The predicted octanol–water partition coefficient (Wildman–Crippen LogP) is 3.30. The van der Waals surface area contributed by atoms with E-state index in [-0.39, 0.29) is 48.9 Å². The van der Waals surface area contributed by atoms with Crippen molar-refractivity contribution in [1.82, 2.24) is 10.6 Å². The van der Waals surface area contributed by atoms with E-state index in [4.69, 9.17) is 14.6 Å². The summed E-state index contributed by atoms with van der Waals surface area (Å²) in [6.07, 6.45) is 0.739. The summed E-state index contributed by atoms with van der Waals surface area (Å²) in [7, 11) is 1.56. The summed E-state index contributed by atoms with van der Waals surface area (Å²) in [6.45, 7) is 4.22. The highest BCUT2D eigenvalue weighted by Crippen LogP contribution is 2.29. The van der Waals surface area contributed by atoms with Gasteiger partial charge in [0.1, 0.15) is 23.9 Å². The van der Waals surface area contributed by atoms with Crippen molar-refractivity contribution in [2.24, 2.45) is 4.99 Å². The quantitative estimate of drug-likeness (QED) is 0.242. The number of hydrogen-bond acceptors (Lipinski definition) is 5. The van der Waals surface area contributed by atoms with E-state index >= 15 is 0 Å². The van der Waals surface area contributed by atoms with Crippen LogP contribution in [-0.2, 0) is 6.54 Å². The van der Waals surface area contributed by atoms with Gasteiger partial charge in [-0.2, -0.15) is 0 Å². The van der Waals surface area contributed by atoms with E-state index in [9.17, 15) is 8.78 Å². The van der Waals surface area contributed by atoms with Crippen LogP contribution in [0.5, 0.6) is 11.5 Å². The van der Waals surface area contributed by atoms with E-state index in [1.54, 1.807) is 18.1 Å². The van der Waals surface area contributed by atoms with E-state index < -0.39 is 11.6 Å². The summed E-state index contributed by atoms with van der Waals surface area (Å²) in [6, 6.07) is 9.46. The van der Waals surface area contributed by atoms with E-state index in [1.165, 1.54) is 18.2 Å². The van der Waals surface area contributed by atoms with Gasteiger partial charge in [0.15, 0.2) is 17.5 Å². The number of rotatable bonds is 9. The van der Waals surface area contributed by atoms with Crippen LogP contribution in [0.3, 0.4) is 0 Å². The molecule has 10 heteroatoms. The molecule has 1 heterocycles. The maximum atomic E-state index is 14.1. The molecule has 1 unspecified atom stereocenters. The number of halogens is 3. The third kappa shape index (κ3) is 7.32. The topological polar surface area (TPSA) is 78.4 Å².